The number of benzene rings is 1. The summed E-state index contributed by atoms with van der Waals surface area (Å²) in [6.45, 7) is 6.35. The van der Waals surface area contributed by atoms with Gasteiger partial charge in [-0.15, -0.1) is 0 Å². The summed E-state index contributed by atoms with van der Waals surface area (Å²) < 4.78 is 56.4. The van der Waals surface area contributed by atoms with Gasteiger partial charge in [-0.1, -0.05) is 17.7 Å². The van der Waals surface area contributed by atoms with Gasteiger partial charge in [0, 0.05) is 51.2 Å². The van der Waals surface area contributed by atoms with Crippen LogP contribution in [0.3, 0.4) is 0 Å². The molecule has 0 radical (unpaired) electrons. The molecule has 10 nitrogen and oxygen atoms in total. The Kier molecular flexibility index (Phi) is 8.14. The highest BCUT2D eigenvalue weighted by atomic mass is 35.5. The van der Waals surface area contributed by atoms with Gasteiger partial charge in [0.15, 0.2) is 17.1 Å². The molecule has 1 fully saturated rings. The number of anilines is 2. The van der Waals surface area contributed by atoms with Crippen LogP contribution in [0.15, 0.2) is 55.0 Å². The quantitative estimate of drug-likeness (QED) is 0.215. The molecule has 0 aliphatic carbocycles. The zero-order valence-electron chi connectivity index (χ0n) is 23.5. The predicted octanol–water partition coefficient (Wildman–Crippen LogP) is 5.81. The van der Waals surface area contributed by atoms with Crippen LogP contribution in [0.5, 0.6) is 11.5 Å². The fourth-order valence-corrected chi connectivity index (χ4v) is 5.35. The molecule has 43 heavy (non-hydrogen) atoms. The van der Waals surface area contributed by atoms with E-state index in [0.717, 1.165) is 31.2 Å². The Morgan fingerprint density at radius 1 is 1.12 bits per heavy atom. The molecule has 14 heteroatoms. The summed E-state index contributed by atoms with van der Waals surface area (Å²) in [5.41, 5.74) is 1.50. The van der Waals surface area contributed by atoms with E-state index in [0.29, 0.717) is 48.0 Å². The third kappa shape index (κ3) is 6.25. The Labute approximate surface area is 250 Å². The molecule has 6 rings (SSSR count). The van der Waals surface area contributed by atoms with Crippen LogP contribution in [-0.2, 0) is 18.0 Å². The van der Waals surface area contributed by atoms with Crippen LogP contribution in [0.2, 0.25) is 5.02 Å². The van der Waals surface area contributed by atoms with Gasteiger partial charge in [-0.25, -0.2) is 9.50 Å². The second-order valence-electron chi connectivity index (χ2n) is 10.3. The van der Waals surface area contributed by atoms with E-state index < -0.39 is 11.7 Å². The summed E-state index contributed by atoms with van der Waals surface area (Å²) in [5.74, 6) is 1.06. The third-order valence-electron chi connectivity index (χ3n) is 7.44. The largest absolute Gasteiger partial charge is 0.450 e. The molecule has 4 aromatic heterocycles. The highest BCUT2D eigenvalue weighted by Gasteiger charge is 2.32. The number of ether oxygens (including phenoxy) is 2. The number of hydrogen-bond donors (Lipinski definition) is 2. The van der Waals surface area contributed by atoms with E-state index in [-0.39, 0.29) is 22.7 Å². The number of fused-ring (bicyclic) bond motifs is 2. The van der Waals surface area contributed by atoms with E-state index in [1.54, 1.807) is 34.6 Å². The van der Waals surface area contributed by atoms with E-state index in [1.165, 1.54) is 12.3 Å². The van der Waals surface area contributed by atoms with Crippen LogP contribution in [0.25, 0.3) is 16.7 Å². The SMILES string of the molecule is CC(NCCN1CCOCC1)c1cc(Nc2nc3ncc(Oc4cnn5ccccc45)c(Cl)c3n2C)cc(C(F)(F)F)c1. The first-order chi connectivity index (χ1) is 20.7. The van der Waals surface area contributed by atoms with E-state index in [1.807, 2.05) is 25.1 Å². The van der Waals surface area contributed by atoms with Crippen LogP contribution in [0, 0.1) is 0 Å². The van der Waals surface area contributed by atoms with Crippen molar-refractivity contribution in [3.05, 3.63) is 71.1 Å². The van der Waals surface area contributed by atoms with Crippen molar-refractivity contribution in [1.82, 2.24) is 34.4 Å². The summed E-state index contributed by atoms with van der Waals surface area (Å²) in [6.07, 6.45) is 0.309. The molecule has 5 heterocycles. The smallest absolute Gasteiger partial charge is 0.416 e. The topological polar surface area (TPSA) is 93.8 Å². The van der Waals surface area contributed by atoms with Gasteiger partial charge >= 0.3 is 6.18 Å². The lowest BCUT2D eigenvalue weighted by Crippen LogP contribution is -2.40. The van der Waals surface area contributed by atoms with Crippen molar-refractivity contribution in [2.45, 2.75) is 19.1 Å². The van der Waals surface area contributed by atoms with Crippen molar-refractivity contribution in [3.8, 4) is 11.5 Å². The Morgan fingerprint density at radius 2 is 1.93 bits per heavy atom. The summed E-state index contributed by atoms with van der Waals surface area (Å²) in [7, 11) is 1.70. The molecule has 0 bridgehead atoms. The monoisotopic (exact) mass is 614 g/mol. The molecule has 5 aromatic rings. The number of alkyl halides is 3. The van der Waals surface area contributed by atoms with Gasteiger partial charge < -0.3 is 24.7 Å². The van der Waals surface area contributed by atoms with Crippen molar-refractivity contribution < 1.29 is 22.6 Å². The standard InChI is InChI=1S/C29H30ClF3N8O2/c1-18(34-6-8-40-9-11-42-12-10-40)19-13-20(29(31,32)33)15-21(14-19)37-28-38-27-26(39(28)2)25(30)24(16-35-27)43-23-17-36-41-7-4-3-5-22(23)41/h3-5,7,13-18,34H,6,8-12H2,1-2H3,(H,35,37,38). The molecule has 1 aliphatic heterocycles. The van der Waals surface area contributed by atoms with E-state index in [4.69, 9.17) is 21.1 Å². The molecule has 1 saturated heterocycles. The molecule has 1 atom stereocenters. The number of nitrogens with zero attached hydrogens (tertiary/aromatic N) is 6. The lowest BCUT2D eigenvalue weighted by molar-refractivity contribution is -0.137. The van der Waals surface area contributed by atoms with Gasteiger partial charge in [-0.3, -0.25) is 4.90 Å². The van der Waals surface area contributed by atoms with Gasteiger partial charge in [-0.2, -0.15) is 23.3 Å². The Hall–Kier alpha value is -3.91. The number of halogens is 4. The zero-order chi connectivity index (χ0) is 30.1. The van der Waals surface area contributed by atoms with Crippen molar-refractivity contribution >= 4 is 39.9 Å². The van der Waals surface area contributed by atoms with Crippen molar-refractivity contribution in [2.75, 3.05) is 44.7 Å². The maximum atomic E-state index is 13.9. The zero-order valence-corrected chi connectivity index (χ0v) is 24.3. The van der Waals surface area contributed by atoms with Gasteiger partial charge in [0.25, 0.3) is 0 Å². The first-order valence-corrected chi connectivity index (χ1v) is 14.2. The molecule has 1 unspecified atom stereocenters. The minimum atomic E-state index is -4.53. The van der Waals surface area contributed by atoms with Crippen molar-refractivity contribution in [2.24, 2.45) is 7.05 Å². The fourth-order valence-electron chi connectivity index (χ4n) is 5.05. The Balaban J connectivity index is 1.24. The van der Waals surface area contributed by atoms with Crippen LogP contribution >= 0.6 is 11.6 Å². The number of rotatable bonds is 9. The highest BCUT2D eigenvalue weighted by Crippen LogP contribution is 2.38. The lowest BCUT2D eigenvalue weighted by Gasteiger charge is -2.27. The molecular weight excluding hydrogens is 585 g/mol. The number of nitrogens with one attached hydrogen (secondary N) is 2. The van der Waals surface area contributed by atoms with E-state index >= 15 is 0 Å². The minimum absolute atomic E-state index is 0.240. The molecule has 0 saturated carbocycles. The van der Waals surface area contributed by atoms with E-state index in [9.17, 15) is 13.2 Å². The molecule has 2 N–H and O–H groups in total. The molecule has 1 aliphatic rings. The number of morpholine rings is 1. The molecule has 0 amide bonds. The van der Waals surface area contributed by atoms with Gasteiger partial charge in [0.1, 0.15) is 16.1 Å². The number of pyridine rings is 2. The minimum Gasteiger partial charge on any atom is -0.450 e. The summed E-state index contributed by atoms with van der Waals surface area (Å²) in [6, 6.07) is 9.19. The first-order valence-electron chi connectivity index (χ1n) is 13.8. The Morgan fingerprint density at radius 3 is 2.72 bits per heavy atom. The van der Waals surface area contributed by atoms with Gasteiger partial charge in [0.2, 0.25) is 5.95 Å². The van der Waals surface area contributed by atoms with Crippen LogP contribution in [0.4, 0.5) is 24.8 Å². The fraction of sp³-hybridized carbons (Fsp3) is 0.345. The second-order valence-corrected chi connectivity index (χ2v) is 10.7. The van der Waals surface area contributed by atoms with Crippen LogP contribution in [0.1, 0.15) is 24.1 Å². The number of aromatic nitrogens is 5. The predicted molar refractivity (Wildman–Crippen MR) is 157 cm³/mol. The van der Waals surface area contributed by atoms with E-state index in [2.05, 4.69) is 30.6 Å². The van der Waals surface area contributed by atoms with Gasteiger partial charge in [-0.05, 0) is 42.8 Å². The maximum absolute atomic E-state index is 13.9. The third-order valence-corrected chi connectivity index (χ3v) is 7.80. The molecule has 226 valence electrons. The second kappa shape index (κ2) is 12.0. The number of imidazole rings is 1. The summed E-state index contributed by atoms with van der Waals surface area (Å²) in [5, 5.41) is 10.9. The highest BCUT2D eigenvalue weighted by molar-refractivity contribution is 6.36. The maximum Gasteiger partial charge on any atom is 0.416 e. The lowest BCUT2D eigenvalue weighted by atomic mass is 10.0. The number of aryl methyl sites for hydroxylation is 1. The molecule has 0 spiro atoms. The van der Waals surface area contributed by atoms with Crippen LogP contribution in [-0.4, -0.2) is 68.4 Å². The Bertz CT molecular complexity index is 1750. The average Bonchev–Trinajstić information content (AvgIpc) is 3.55. The number of hydrogen-bond acceptors (Lipinski definition) is 8. The molecular formula is C29H30ClF3N8O2. The summed E-state index contributed by atoms with van der Waals surface area (Å²) in [4.78, 5) is 11.2. The van der Waals surface area contributed by atoms with Crippen LogP contribution < -0.4 is 15.4 Å². The molecule has 1 aromatic carbocycles. The average molecular weight is 615 g/mol. The normalized spacial score (nSPS) is 15.3. The van der Waals surface area contributed by atoms with Crippen molar-refractivity contribution in [3.63, 3.8) is 0 Å². The van der Waals surface area contributed by atoms with Crippen molar-refractivity contribution in [1.29, 1.82) is 0 Å². The summed E-state index contributed by atoms with van der Waals surface area (Å²) >= 11 is 6.74. The first kappa shape index (κ1) is 29.2. The van der Waals surface area contributed by atoms with Gasteiger partial charge in [0.05, 0.1) is 31.2 Å².